The van der Waals surface area contributed by atoms with Gasteiger partial charge >= 0.3 is 5.97 Å². The fourth-order valence-corrected chi connectivity index (χ4v) is 5.14. The van der Waals surface area contributed by atoms with Gasteiger partial charge in [0.05, 0.1) is 19.3 Å². The van der Waals surface area contributed by atoms with Crippen molar-refractivity contribution in [1.29, 1.82) is 0 Å². The Kier molecular flexibility index (Phi) is 5.27. The van der Waals surface area contributed by atoms with Gasteiger partial charge in [-0.05, 0) is 57.7 Å². The van der Waals surface area contributed by atoms with Crippen LogP contribution < -0.4 is 9.47 Å². The summed E-state index contributed by atoms with van der Waals surface area (Å²) in [4.78, 5) is 13.2. The van der Waals surface area contributed by atoms with E-state index in [1.165, 1.54) is 0 Å². The molecule has 3 aliphatic heterocycles. The number of rotatable bonds is 5. The molecule has 2 saturated heterocycles. The summed E-state index contributed by atoms with van der Waals surface area (Å²) in [6.45, 7) is 7.13. The first-order chi connectivity index (χ1) is 13.4. The van der Waals surface area contributed by atoms with Crippen molar-refractivity contribution in [2.24, 2.45) is 11.8 Å². The Bertz CT molecular complexity index is 734. The summed E-state index contributed by atoms with van der Waals surface area (Å²) in [5, 5.41) is 8.87. The van der Waals surface area contributed by atoms with Crippen molar-refractivity contribution in [3.05, 3.63) is 23.8 Å². The van der Waals surface area contributed by atoms with Gasteiger partial charge in [-0.15, -0.1) is 0 Å². The molecule has 0 radical (unpaired) electrons. The Morgan fingerprint density at radius 1 is 1.39 bits per heavy atom. The first-order valence-corrected chi connectivity index (χ1v) is 10.3. The average Bonchev–Trinajstić information content (AvgIpc) is 2.65. The predicted octanol–water partition coefficient (Wildman–Crippen LogP) is 3.50. The summed E-state index contributed by atoms with van der Waals surface area (Å²) in [7, 11) is 1.67. The molecular formula is C22H31NO5. The molecule has 3 aliphatic rings. The van der Waals surface area contributed by atoms with Crippen molar-refractivity contribution in [2.45, 2.75) is 57.3 Å². The minimum atomic E-state index is -0.713. The van der Waals surface area contributed by atoms with Crippen molar-refractivity contribution in [1.82, 2.24) is 4.90 Å². The smallest absolute Gasteiger partial charge is 0.303 e. The molecule has 0 amide bonds. The minimum Gasteiger partial charge on any atom is -0.497 e. The number of aliphatic carboxylic acids is 1. The van der Waals surface area contributed by atoms with Crippen molar-refractivity contribution >= 4 is 5.97 Å². The number of methoxy groups -OCH3 is 1. The zero-order valence-electron chi connectivity index (χ0n) is 17.0. The number of nitrogens with zero attached hydrogens (tertiary/aromatic N) is 1. The van der Waals surface area contributed by atoms with Gasteiger partial charge in [-0.2, -0.15) is 0 Å². The number of fused-ring (bicyclic) bond motifs is 4. The number of carboxylic acids is 1. The second kappa shape index (κ2) is 7.56. The van der Waals surface area contributed by atoms with E-state index < -0.39 is 5.97 Å². The zero-order valence-corrected chi connectivity index (χ0v) is 17.0. The molecule has 0 aliphatic carbocycles. The van der Waals surface area contributed by atoms with E-state index >= 15 is 0 Å². The summed E-state index contributed by atoms with van der Waals surface area (Å²) in [6, 6.07) is 6.04. The monoisotopic (exact) mass is 389 g/mol. The van der Waals surface area contributed by atoms with Crippen LogP contribution in [-0.2, 0) is 9.53 Å². The van der Waals surface area contributed by atoms with Gasteiger partial charge in [-0.1, -0.05) is 0 Å². The second-order valence-electron chi connectivity index (χ2n) is 8.89. The lowest BCUT2D eigenvalue weighted by Crippen LogP contribution is -2.55. The molecule has 3 heterocycles. The topological polar surface area (TPSA) is 68.2 Å². The minimum absolute atomic E-state index is 0.0597. The maximum atomic E-state index is 10.8. The SMILES string of the molecule is COc1ccc2c(c1)OC(C)(C)[C@@H]1C[C@H]3CN(CCCC(=O)O)CC[C@H]3O[C@@H]21. The molecule has 1 aromatic rings. The third-order valence-electron chi connectivity index (χ3n) is 6.65. The molecule has 0 spiro atoms. The highest BCUT2D eigenvalue weighted by molar-refractivity contribution is 5.66. The molecule has 28 heavy (non-hydrogen) atoms. The molecule has 1 N–H and O–H groups in total. The molecule has 0 unspecified atom stereocenters. The van der Waals surface area contributed by atoms with Crippen LogP contribution in [0.25, 0.3) is 0 Å². The van der Waals surface area contributed by atoms with Crippen LogP contribution in [0.15, 0.2) is 18.2 Å². The lowest BCUT2D eigenvalue weighted by Gasteiger charge is -2.53. The molecule has 6 heteroatoms. The number of carboxylic acid groups (broad SMARTS) is 1. The number of ether oxygens (including phenoxy) is 3. The van der Waals surface area contributed by atoms with Crippen LogP contribution in [0.4, 0.5) is 0 Å². The van der Waals surface area contributed by atoms with Gasteiger partial charge in [0.15, 0.2) is 0 Å². The molecule has 1 aromatic carbocycles. The highest BCUT2D eigenvalue weighted by atomic mass is 16.5. The van der Waals surface area contributed by atoms with Crippen LogP contribution in [0.3, 0.4) is 0 Å². The fraction of sp³-hybridized carbons (Fsp3) is 0.682. The van der Waals surface area contributed by atoms with Crippen LogP contribution in [0.5, 0.6) is 11.5 Å². The van der Waals surface area contributed by atoms with Crippen molar-refractivity contribution in [3.8, 4) is 11.5 Å². The summed E-state index contributed by atoms with van der Waals surface area (Å²) in [6.07, 6.45) is 3.36. The molecule has 0 aromatic heterocycles. The predicted molar refractivity (Wildman–Crippen MR) is 105 cm³/mol. The van der Waals surface area contributed by atoms with Gasteiger partial charge in [-0.3, -0.25) is 4.79 Å². The molecule has 4 rings (SSSR count). The Morgan fingerprint density at radius 2 is 2.21 bits per heavy atom. The van der Waals surface area contributed by atoms with Crippen molar-refractivity contribution < 1.29 is 24.1 Å². The van der Waals surface area contributed by atoms with Crippen LogP contribution in [0.1, 0.15) is 51.2 Å². The first kappa shape index (κ1) is 19.5. The molecule has 4 atom stereocenters. The Balaban J connectivity index is 1.49. The highest BCUT2D eigenvalue weighted by Crippen LogP contribution is 2.53. The van der Waals surface area contributed by atoms with Gasteiger partial charge in [0.2, 0.25) is 0 Å². The van der Waals surface area contributed by atoms with E-state index in [9.17, 15) is 4.79 Å². The van der Waals surface area contributed by atoms with E-state index in [4.69, 9.17) is 19.3 Å². The summed E-state index contributed by atoms with van der Waals surface area (Å²) >= 11 is 0. The van der Waals surface area contributed by atoms with Gasteiger partial charge in [-0.25, -0.2) is 0 Å². The third-order valence-corrected chi connectivity index (χ3v) is 6.65. The molecule has 154 valence electrons. The number of piperidine rings is 1. The fourth-order valence-electron chi connectivity index (χ4n) is 5.14. The molecule has 2 fully saturated rings. The number of hydrogen-bond donors (Lipinski definition) is 1. The van der Waals surface area contributed by atoms with Crippen LogP contribution >= 0.6 is 0 Å². The number of carbonyl (C=O) groups is 1. The van der Waals surface area contributed by atoms with E-state index in [1.54, 1.807) is 7.11 Å². The molecule has 0 saturated carbocycles. The number of benzene rings is 1. The standard InChI is InChI=1S/C22H31NO5/c1-22(2)17-11-14-13-23(9-4-5-20(24)25)10-8-18(14)27-21(17)16-7-6-15(26-3)12-19(16)28-22/h6-7,12,14,17-18,21H,4-5,8-11,13H2,1-3H3,(H,24,25)/t14-,17+,18+,21-/m0/s1. The van der Waals surface area contributed by atoms with Crippen LogP contribution in [-0.4, -0.2) is 54.4 Å². The number of hydrogen-bond acceptors (Lipinski definition) is 5. The third kappa shape index (κ3) is 3.72. The molecule has 6 nitrogen and oxygen atoms in total. The average molecular weight is 389 g/mol. The Morgan fingerprint density at radius 3 is 2.96 bits per heavy atom. The van der Waals surface area contributed by atoms with Crippen LogP contribution in [0, 0.1) is 11.8 Å². The maximum absolute atomic E-state index is 10.8. The van der Waals surface area contributed by atoms with Crippen molar-refractivity contribution in [2.75, 3.05) is 26.7 Å². The molecular weight excluding hydrogens is 358 g/mol. The van der Waals surface area contributed by atoms with E-state index in [0.29, 0.717) is 18.3 Å². The van der Waals surface area contributed by atoms with Gasteiger partial charge in [0.25, 0.3) is 0 Å². The maximum Gasteiger partial charge on any atom is 0.303 e. The second-order valence-corrected chi connectivity index (χ2v) is 8.89. The van der Waals surface area contributed by atoms with E-state index in [2.05, 4.69) is 24.8 Å². The first-order valence-electron chi connectivity index (χ1n) is 10.3. The largest absolute Gasteiger partial charge is 0.497 e. The molecule has 0 bridgehead atoms. The summed E-state index contributed by atoms with van der Waals surface area (Å²) < 4.78 is 18.4. The van der Waals surface area contributed by atoms with Gasteiger partial charge in [0, 0.05) is 37.1 Å². The lowest BCUT2D eigenvalue weighted by molar-refractivity contribution is -0.187. The Hall–Kier alpha value is -1.79. The van der Waals surface area contributed by atoms with Crippen molar-refractivity contribution in [3.63, 3.8) is 0 Å². The Labute approximate surface area is 166 Å². The van der Waals surface area contributed by atoms with E-state index in [-0.39, 0.29) is 24.2 Å². The van der Waals surface area contributed by atoms with Gasteiger partial charge in [0.1, 0.15) is 17.1 Å². The van der Waals surface area contributed by atoms with Gasteiger partial charge < -0.3 is 24.2 Å². The summed E-state index contributed by atoms with van der Waals surface area (Å²) in [5.41, 5.74) is 0.827. The van der Waals surface area contributed by atoms with E-state index in [1.807, 2.05) is 12.1 Å². The van der Waals surface area contributed by atoms with E-state index in [0.717, 1.165) is 49.5 Å². The lowest BCUT2D eigenvalue weighted by atomic mass is 9.70. The quantitative estimate of drug-likeness (QED) is 0.831. The highest BCUT2D eigenvalue weighted by Gasteiger charge is 2.51. The van der Waals surface area contributed by atoms with Crippen LogP contribution in [0.2, 0.25) is 0 Å². The normalized spacial score (nSPS) is 31.1. The zero-order chi connectivity index (χ0) is 19.9. The number of likely N-dealkylation sites (tertiary alicyclic amines) is 1. The summed E-state index contributed by atoms with van der Waals surface area (Å²) in [5.74, 6) is 1.73.